The highest BCUT2D eigenvalue weighted by atomic mass is 16.1. The fraction of sp³-hybridized carbons (Fsp3) is 0.929. The van der Waals surface area contributed by atoms with Crippen LogP contribution in [0, 0.1) is 11.3 Å². The second kappa shape index (κ2) is 7.83. The van der Waals surface area contributed by atoms with Gasteiger partial charge >= 0.3 is 0 Å². The monoisotopic (exact) mass is 227 g/mol. The second-order valence-electron chi connectivity index (χ2n) is 5.94. The van der Waals surface area contributed by atoms with E-state index in [0.717, 1.165) is 45.1 Å². The highest BCUT2D eigenvalue weighted by Crippen LogP contribution is 2.29. The van der Waals surface area contributed by atoms with E-state index in [4.69, 9.17) is 5.73 Å². The number of nitrogens with two attached hydrogens (primary N) is 1. The van der Waals surface area contributed by atoms with Crippen LogP contribution in [0.15, 0.2) is 0 Å². The third kappa shape index (κ3) is 7.86. The predicted octanol–water partition coefficient (Wildman–Crippen LogP) is 3.54. The largest absolute Gasteiger partial charge is 0.330 e. The lowest BCUT2D eigenvalue weighted by atomic mass is 9.79. The molecular formula is C14H29NO. The maximum atomic E-state index is 11.6. The molecule has 0 saturated carbocycles. The molecule has 2 nitrogen and oxygen atoms in total. The van der Waals surface area contributed by atoms with Crippen molar-refractivity contribution >= 4 is 5.78 Å². The summed E-state index contributed by atoms with van der Waals surface area (Å²) in [5.41, 5.74) is 5.73. The van der Waals surface area contributed by atoms with Gasteiger partial charge in [0.2, 0.25) is 0 Å². The molecule has 0 unspecified atom stereocenters. The average Bonchev–Trinajstić information content (AvgIpc) is 2.19. The number of ketones is 1. The van der Waals surface area contributed by atoms with Crippen molar-refractivity contribution in [1.29, 1.82) is 0 Å². The molecule has 16 heavy (non-hydrogen) atoms. The highest BCUT2D eigenvalue weighted by molar-refractivity contribution is 5.78. The van der Waals surface area contributed by atoms with Gasteiger partial charge in [0.1, 0.15) is 5.78 Å². The number of carbonyl (C=O) groups is 1. The minimum absolute atomic E-state index is 0.319. The van der Waals surface area contributed by atoms with E-state index in [1.165, 1.54) is 0 Å². The van der Waals surface area contributed by atoms with Gasteiger partial charge in [-0.05, 0) is 37.1 Å². The van der Waals surface area contributed by atoms with Crippen molar-refractivity contribution in [3.05, 3.63) is 0 Å². The van der Waals surface area contributed by atoms with Crippen molar-refractivity contribution in [1.82, 2.24) is 0 Å². The topological polar surface area (TPSA) is 43.1 Å². The summed E-state index contributed by atoms with van der Waals surface area (Å²) >= 11 is 0. The predicted molar refractivity (Wildman–Crippen MR) is 70.4 cm³/mol. The highest BCUT2D eigenvalue weighted by Gasteiger charge is 2.20. The zero-order valence-electron chi connectivity index (χ0n) is 11.5. The number of carbonyl (C=O) groups excluding carboxylic acids is 1. The van der Waals surface area contributed by atoms with E-state index < -0.39 is 0 Å². The molecule has 0 aliphatic heterocycles. The van der Waals surface area contributed by atoms with Gasteiger partial charge in [-0.15, -0.1) is 0 Å². The van der Waals surface area contributed by atoms with Crippen LogP contribution in [0.5, 0.6) is 0 Å². The van der Waals surface area contributed by atoms with Gasteiger partial charge in [-0.25, -0.2) is 0 Å². The lowest BCUT2D eigenvalue weighted by Gasteiger charge is -2.26. The molecule has 2 N–H and O–H groups in total. The maximum absolute atomic E-state index is 11.6. The van der Waals surface area contributed by atoms with Crippen molar-refractivity contribution < 1.29 is 4.79 Å². The van der Waals surface area contributed by atoms with Gasteiger partial charge in [-0.1, -0.05) is 34.1 Å². The molecule has 0 aliphatic carbocycles. The third-order valence-electron chi connectivity index (χ3n) is 3.49. The van der Waals surface area contributed by atoms with Crippen molar-refractivity contribution in [3.63, 3.8) is 0 Å². The Morgan fingerprint density at radius 3 is 2.25 bits per heavy atom. The minimum Gasteiger partial charge on any atom is -0.330 e. The normalized spacial score (nSPS) is 13.8. The van der Waals surface area contributed by atoms with Crippen LogP contribution in [0.3, 0.4) is 0 Å². The van der Waals surface area contributed by atoms with E-state index in [1.54, 1.807) is 0 Å². The lowest BCUT2D eigenvalue weighted by Crippen LogP contribution is -2.18. The first-order valence-corrected chi connectivity index (χ1v) is 6.59. The number of Topliss-reactive ketones (excluding diaryl/α,β-unsaturated/α-hetero) is 1. The zero-order chi connectivity index (χ0) is 12.6. The van der Waals surface area contributed by atoms with Crippen LogP contribution in [-0.2, 0) is 4.79 Å². The Balaban J connectivity index is 3.58. The summed E-state index contributed by atoms with van der Waals surface area (Å²) in [6.07, 6.45) is 5.68. The van der Waals surface area contributed by atoms with Gasteiger partial charge in [0.25, 0.3) is 0 Å². The van der Waals surface area contributed by atoms with Crippen molar-refractivity contribution in [3.8, 4) is 0 Å². The molecular weight excluding hydrogens is 198 g/mol. The first-order chi connectivity index (χ1) is 7.38. The number of hydrogen-bond donors (Lipinski definition) is 1. The molecule has 0 amide bonds. The Kier molecular flexibility index (Phi) is 7.65. The fourth-order valence-electron chi connectivity index (χ4n) is 1.58. The summed E-state index contributed by atoms with van der Waals surface area (Å²) in [6.45, 7) is 9.70. The van der Waals surface area contributed by atoms with Crippen molar-refractivity contribution in [2.75, 3.05) is 6.54 Å². The molecule has 2 heteroatoms. The molecule has 0 saturated heterocycles. The first-order valence-electron chi connectivity index (χ1n) is 6.59. The van der Waals surface area contributed by atoms with Gasteiger partial charge in [-0.3, -0.25) is 4.79 Å². The molecule has 0 spiro atoms. The summed E-state index contributed by atoms with van der Waals surface area (Å²) in [4.78, 5) is 11.6. The van der Waals surface area contributed by atoms with Crippen molar-refractivity contribution in [2.24, 2.45) is 17.1 Å². The molecule has 0 aromatic rings. The third-order valence-corrected chi connectivity index (χ3v) is 3.49. The minimum atomic E-state index is 0.319. The van der Waals surface area contributed by atoms with Crippen LogP contribution in [0.25, 0.3) is 0 Å². The molecule has 0 radical (unpaired) electrons. The lowest BCUT2D eigenvalue weighted by molar-refractivity contribution is -0.119. The van der Waals surface area contributed by atoms with Crippen LogP contribution < -0.4 is 5.73 Å². The summed E-state index contributed by atoms with van der Waals surface area (Å²) in [5.74, 6) is 1.04. The van der Waals surface area contributed by atoms with Gasteiger partial charge in [0.15, 0.2) is 0 Å². The van der Waals surface area contributed by atoms with E-state index in [2.05, 4.69) is 27.7 Å². The summed E-state index contributed by atoms with van der Waals surface area (Å²) in [7, 11) is 0. The number of rotatable bonds is 8. The Hall–Kier alpha value is -0.370. The Bertz CT molecular complexity index is 193. The van der Waals surface area contributed by atoms with Crippen LogP contribution in [0.1, 0.15) is 66.2 Å². The Labute approximate surface area is 101 Å². The van der Waals surface area contributed by atoms with Crippen molar-refractivity contribution in [2.45, 2.75) is 66.2 Å². The Morgan fingerprint density at radius 2 is 1.75 bits per heavy atom. The molecule has 1 atom stereocenters. The van der Waals surface area contributed by atoms with E-state index >= 15 is 0 Å². The van der Waals surface area contributed by atoms with E-state index in [0.29, 0.717) is 17.1 Å². The molecule has 0 fully saturated rings. The second-order valence-corrected chi connectivity index (χ2v) is 5.94. The van der Waals surface area contributed by atoms with Crippen LogP contribution in [0.4, 0.5) is 0 Å². The maximum Gasteiger partial charge on any atom is 0.132 e. The summed E-state index contributed by atoms with van der Waals surface area (Å²) in [6, 6.07) is 0. The molecule has 0 aliphatic rings. The molecule has 0 aromatic heterocycles. The summed E-state index contributed by atoms with van der Waals surface area (Å²) < 4.78 is 0. The Morgan fingerprint density at radius 1 is 1.12 bits per heavy atom. The van der Waals surface area contributed by atoms with Gasteiger partial charge in [0, 0.05) is 12.8 Å². The number of hydrogen-bond acceptors (Lipinski definition) is 2. The molecule has 0 heterocycles. The van der Waals surface area contributed by atoms with E-state index in [9.17, 15) is 4.79 Å². The SMILES string of the molecule is C[C@@H](CCC(=O)CCCCCN)C(C)(C)C. The van der Waals surface area contributed by atoms with Crippen LogP contribution in [0.2, 0.25) is 0 Å². The van der Waals surface area contributed by atoms with Crippen LogP contribution >= 0.6 is 0 Å². The molecule has 0 aromatic carbocycles. The van der Waals surface area contributed by atoms with Crippen LogP contribution in [-0.4, -0.2) is 12.3 Å². The van der Waals surface area contributed by atoms with Gasteiger partial charge in [0.05, 0.1) is 0 Å². The molecule has 96 valence electrons. The van der Waals surface area contributed by atoms with E-state index in [-0.39, 0.29) is 0 Å². The van der Waals surface area contributed by atoms with Gasteiger partial charge < -0.3 is 5.73 Å². The average molecular weight is 227 g/mol. The molecule has 0 bridgehead atoms. The fourth-order valence-corrected chi connectivity index (χ4v) is 1.58. The number of unbranched alkanes of at least 4 members (excludes halogenated alkanes) is 2. The van der Waals surface area contributed by atoms with Gasteiger partial charge in [-0.2, -0.15) is 0 Å². The quantitative estimate of drug-likeness (QED) is 0.645. The molecule has 0 rings (SSSR count). The smallest absolute Gasteiger partial charge is 0.132 e. The summed E-state index contributed by atoms with van der Waals surface area (Å²) in [5, 5.41) is 0. The first kappa shape index (κ1) is 15.6. The zero-order valence-corrected chi connectivity index (χ0v) is 11.5. The standard InChI is InChI=1S/C14H29NO/c1-12(14(2,3)4)9-10-13(16)8-6-5-7-11-15/h12H,5-11,15H2,1-4H3/t12-/m0/s1. The van der Waals surface area contributed by atoms with E-state index in [1.807, 2.05) is 0 Å².